The zero-order chi connectivity index (χ0) is 19.1. The summed E-state index contributed by atoms with van der Waals surface area (Å²) in [5.74, 6) is 1.94. The van der Waals surface area contributed by atoms with Crippen LogP contribution >= 0.6 is 22.7 Å². The van der Waals surface area contributed by atoms with E-state index < -0.39 is 0 Å². The molecule has 5 aromatic rings. The third-order valence-electron chi connectivity index (χ3n) is 4.12. The molecule has 0 aliphatic rings. The summed E-state index contributed by atoms with van der Waals surface area (Å²) in [6.45, 7) is 0.371. The topological polar surface area (TPSA) is 83.9 Å². The Kier molecular flexibility index (Phi) is 4.14. The van der Waals surface area contributed by atoms with E-state index in [9.17, 15) is 0 Å². The quantitative estimate of drug-likeness (QED) is 0.410. The van der Waals surface area contributed by atoms with Crippen LogP contribution in [0.5, 0.6) is 16.7 Å². The van der Waals surface area contributed by atoms with Crippen molar-refractivity contribution < 1.29 is 18.6 Å². The summed E-state index contributed by atoms with van der Waals surface area (Å²) >= 11 is 2.90. The number of hydrogen-bond acceptors (Lipinski definition) is 9. The molecule has 0 aliphatic heterocycles. The number of aromatic nitrogens is 4. The highest BCUT2D eigenvalue weighted by Gasteiger charge is 2.17. The van der Waals surface area contributed by atoms with Crippen LogP contribution in [0, 0.1) is 0 Å². The molecule has 0 N–H and O–H groups in total. The van der Waals surface area contributed by atoms with Gasteiger partial charge in [0, 0.05) is 17.5 Å². The average Bonchev–Trinajstić information content (AvgIpc) is 3.47. The number of thiazole rings is 1. The molecule has 0 atom stereocenters. The number of methoxy groups -OCH3 is 2. The maximum absolute atomic E-state index is 6.03. The van der Waals surface area contributed by atoms with Crippen LogP contribution < -0.4 is 14.2 Å². The molecule has 8 nitrogen and oxygen atoms in total. The number of ether oxygens (including phenoxy) is 3. The minimum atomic E-state index is 0.371. The number of fused-ring (bicyclic) bond motifs is 2. The van der Waals surface area contributed by atoms with E-state index in [2.05, 4.69) is 15.1 Å². The number of imidazole rings is 1. The molecule has 142 valence electrons. The first kappa shape index (κ1) is 17.0. The average molecular weight is 414 g/mol. The monoisotopic (exact) mass is 414 g/mol. The molecule has 0 spiro atoms. The van der Waals surface area contributed by atoms with Crippen molar-refractivity contribution in [2.45, 2.75) is 6.61 Å². The van der Waals surface area contributed by atoms with Gasteiger partial charge < -0.3 is 18.6 Å². The minimum Gasteiger partial charge on any atom is -0.496 e. The molecule has 4 aromatic heterocycles. The Balaban J connectivity index is 1.54. The van der Waals surface area contributed by atoms with Crippen LogP contribution in [-0.4, -0.2) is 33.8 Å². The van der Waals surface area contributed by atoms with E-state index in [1.54, 1.807) is 30.4 Å². The van der Waals surface area contributed by atoms with Crippen LogP contribution in [0.4, 0.5) is 0 Å². The predicted octanol–water partition coefficient (Wildman–Crippen LogP) is 4.26. The fourth-order valence-corrected chi connectivity index (χ4v) is 4.03. The van der Waals surface area contributed by atoms with Crippen LogP contribution in [-0.2, 0) is 6.61 Å². The van der Waals surface area contributed by atoms with Crippen molar-refractivity contribution in [2.75, 3.05) is 14.2 Å². The van der Waals surface area contributed by atoms with E-state index >= 15 is 0 Å². The first-order valence-electron chi connectivity index (χ1n) is 8.25. The highest BCUT2D eigenvalue weighted by Crippen LogP contribution is 2.37. The van der Waals surface area contributed by atoms with E-state index in [0.717, 1.165) is 16.0 Å². The molecule has 0 saturated heterocycles. The summed E-state index contributed by atoms with van der Waals surface area (Å²) in [5.41, 5.74) is 3.99. The lowest BCUT2D eigenvalue weighted by atomic mass is 10.2. The van der Waals surface area contributed by atoms with Gasteiger partial charge in [-0.2, -0.15) is 0 Å². The Bertz CT molecular complexity index is 1220. The summed E-state index contributed by atoms with van der Waals surface area (Å²) in [4.78, 5) is 9.55. The normalized spacial score (nSPS) is 11.4. The van der Waals surface area contributed by atoms with Gasteiger partial charge in [0.2, 0.25) is 4.96 Å². The van der Waals surface area contributed by atoms with Crippen molar-refractivity contribution in [3.63, 3.8) is 0 Å². The van der Waals surface area contributed by atoms with Gasteiger partial charge in [0.15, 0.2) is 5.76 Å². The molecule has 10 heteroatoms. The molecule has 1 aromatic carbocycles. The molecular formula is C18H14N4O4S2. The molecule has 5 rings (SSSR count). The molecule has 28 heavy (non-hydrogen) atoms. The molecule has 0 bridgehead atoms. The fourth-order valence-electron chi connectivity index (χ4n) is 2.79. The highest BCUT2D eigenvalue weighted by atomic mass is 32.1. The van der Waals surface area contributed by atoms with Gasteiger partial charge in [0.25, 0.3) is 5.19 Å². The SMILES string of the molecule is COc1cc(OCc2cscn2)c2cc(-c3cn4nc(OC)sc4n3)oc2c1. The lowest BCUT2D eigenvalue weighted by molar-refractivity contribution is 0.303. The summed E-state index contributed by atoms with van der Waals surface area (Å²) in [5, 5.41) is 7.65. The Morgan fingerprint density at radius 3 is 2.86 bits per heavy atom. The highest BCUT2D eigenvalue weighted by molar-refractivity contribution is 7.18. The van der Waals surface area contributed by atoms with Gasteiger partial charge in [0.1, 0.15) is 29.4 Å². The van der Waals surface area contributed by atoms with Gasteiger partial charge in [-0.25, -0.2) is 14.5 Å². The summed E-state index contributed by atoms with van der Waals surface area (Å²) in [6.07, 6.45) is 1.80. The zero-order valence-electron chi connectivity index (χ0n) is 14.9. The van der Waals surface area contributed by atoms with E-state index in [0.29, 0.717) is 40.3 Å². The van der Waals surface area contributed by atoms with Gasteiger partial charge in [0.05, 0.1) is 37.0 Å². The number of furan rings is 1. The van der Waals surface area contributed by atoms with Crippen LogP contribution in [0.1, 0.15) is 5.69 Å². The Labute approximate surface area is 166 Å². The number of nitrogens with zero attached hydrogens (tertiary/aromatic N) is 4. The lowest BCUT2D eigenvalue weighted by Gasteiger charge is -2.07. The second-order valence-electron chi connectivity index (χ2n) is 5.84. The molecule has 0 aliphatic carbocycles. The molecule has 0 amide bonds. The second kappa shape index (κ2) is 6.80. The van der Waals surface area contributed by atoms with Crippen molar-refractivity contribution >= 4 is 38.6 Å². The largest absolute Gasteiger partial charge is 0.496 e. The first-order valence-corrected chi connectivity index (χ1v) is 10.0. The molecule has 0 saturated carbocycles. The van der Waals surface area contributed by atoms with Crippen LogP contribution in [0.2, 0.25) is 0 Å². The number of rotatable bonds is 6. The lowest BCUT2D eigenvalue weighted by Crippen LogP contribution is -1.96. The van der Waals surface area contributed by atoms with Crippen molar-refractivity contribution in [3.05, 3.63) is 41.0 Å². The third-order valence-corrected chi connectivity index (χ3v) is 5.64. The van der Waals surface area contributed by atoms with Gasteiger partial charge in [-0.3, -0.25) is 0 Å². The van der Waals surface area contributed by atoms with Gasteiger partial charge in [-0.05, 0) is 17.4 Å². The minimum absolute atomic E-state index is 0.371. The smallest absolute Gasteiger partial charge is 0.294 e. The summed E-state index contributed by atoms with van der Waals surface area (Å²) in [6, 6.07) is 5.58. The predicted molar refractivity (Wildman–Crippen MR) is 106 cm³/mol. The van der Waals surface area contributed by atoms with Crippen molar-refractivity contribution in [1.82, 2.24) is 19.6 Å². The molecular weight excluding hydrogens is 400 g/mol. The maximum Gasteiger partial charge on any atom is 0.294 e. The maximum atomic E-state index is 6.03. The van der Waals surface area contributed by atoms with Crippen LogP contribution in [0.25, 0.3) is 27.4 Å². The molecule has 4 heterocycles. The van der Waals surface area contributed by atoms with E-state index in [1.807, 2.05) is 23.6 Å². The van der Waals surface area contributed by atoms with E-state index in [-0.39, 0.29) is 0 Å². The second-order valence-corrected chi connectivity index (χ2v) is 7.48. The van der Waals surface area contributed by atoms with E-state index in [1.165, 1.54) is 22.7 Å². The number of benzene rings is 1. The van der Waals surface area contributed by atoms with Crippen LogP contribution in [0.15, 0.2) is 39.7 Å². The Morgan fingerprint density at radius 2 is 2.11 bits per heavy atom. The molecule has 0 unspecified atom stereocenters. The van der Waals surface area contributed by atoms with Crippen molar-refractivity contribution in [1.29, 1.82) is 0 Å². The zero-order valence-corrected chi connectivity index (χ0v) is 16.5. The first-order chi connectivity index (χ1) is 13.7. The number of hydrogen-bond donors (Lipinski definition) is 0. The van der Waals surface area contributed by atoms with Crippen molar-refractivity contribution in [2.24, 2.45) is 0 Å². The fraction of sp³-hybridized carbons (Fsp3) is 0.167. The Hall–Kier alpha value is -3.11. The summed E-state index contributed by atoms with van der Waals surface area (Å²) in [7, 11) is 3.19. The van der Waals surface area contributed by atoms with Gasteiger partial charge in [-0.15, -0.1) is 16.4 Å². The van der Waals surface area contributed by atoms with Crippen molar-refractivity contribution in [3.8, 4) is 28.1 Å². The molecule has 0 fully saturated rings. The van der Waals surface area contributed by atoms with Crippen LogP contribution in [0.3, 0.4) is 0 Å². The van der Waals surface area contributed by atoms with E-state index in [4.69, 9.17) is 18.6 Å². The van der Waals surface area contributed by atoms with Gasteiger partial charge in [-0.1, -0.05) is 0 Å². The molecule has 0 radical (unpaired) electrons. The Morgan fingerprint density at radius 1 is 1.18 bits per heavy atom. The standard InChI is InChI=1S/C18H14N4O4S2/c1-23-11-3-14(25-7-10-8-27-9-19-10)12-5-16(26-15(12)4-11)13-6-22-17(20-13)28-18(21-22)24-2/h3-6,8-9H,7H2,1-2H3. The summed E-state index contributed by atoms with van der Waals surface area (Å²) < 4.78 is 24.2. The van der Waals surface area contributed by atoms with Gasteiger partial charge >= 0.3 is 0 Å². The third kappa shape index (κ3) is 2.96.